The van der Waals surface area contributed by atoms with E-state index in [4.69, 9.17) is 0 Å². The van der Waals surface area contributed by atoms with Crippen molar-refractivity contribution in [1.82, 2.24) is 0 Å². The van der Waals surface area contributed by atoms with E-state index in [0.29, 0.717) is 5.56 Å². The first-order chi connectivity index (χ1) is 13.5. The third-order valence-corrected chi connectivity index (χ3v) is 4.63. The molecule has 0 radical (unpaired) electrons. The fraction of sp³-hybridized carbons (Fsp3) is 0.542. The predicted molar refractivity (Wildman–Crippen MR) is 112 cm³/mol. The molecule has 0 heterocycles. The number of allylic oxidation sites excluding steroid dienone is 2. The minimum absolute atomic E-state index is 0.212. The third kappa shape index (κ3) is 8.64. The molecular weight excluding hydrogens is 352 g/mol. The molecule has 0 spiro atoms. The molecule has 0 saturated carbocycles. The standard InChI is InChI=1S/C12H8O4.C12H26/c1-7(13)16-11-6-10(14)8-4-2-3-5-9(8)12(11)15;1-3-5-7-9-11-12-10-8-6-4-2/h2-6H,1H3;3-12H2,1-2H3. The van der Waals surface area contributed by atoms with Gasteiger partial charge in [-0.25, -0.2) is 0 Å². The number of carbonyl (C=O) groups excluding carboxylic acids is 3. The molecule has 0 amide bonds. The lowest BCUT2D eigenvalue weighted by atomic mass is 9.94. The van der Waals surface area contributed by atoms with Crippen LogP contribution in [0.15, 0.2) is 36.1 Å². The lowest BCUT2D eigenvalue weighted by Gasteiger charge is -2.13. The summed E-state index contributed by atoms with van der Waals surface area (Å²) in [5.41, 5.74) is 0.606. The van der Waals surface area contributed by atoms with Crippen LogP contribution in [0.1, 0.15) is 106 Å². The van der Waals surface area contributed by atoms with Gasteiger partial charge in [0.25, 0.3) is 0 Å². The number of rotatable bonds is 10. The van der Waals surface area contributed by atoms with Gasteiger partial charge in [0.2, 0.25) is 5.78 Å². The summed E-state index contributed by atoms with van der Waals surface area (Å²) in [6, 6.07) is 6.43. The van der Waals surface area contributed by atoms with Crippen molar-refractivity contribution >= 4 is 17.5 Å². The Morgan fingerprint density at radius 3 is 1.71 bits per heavy atom. The number of carbonyl (C=O) groups is 3. The quantitative estimate of drug-likeness (QED) is 0.343. The maximum atomic E-state index is 11.8. The molecule has 4 heteroatoms. The molecule has 0 N–H and O–H groups in total. The molecule has 1 aliphatic rings. The molecule has 4 nitrogen and oxygen atoms in total. The third-order valence-electron chi connectivity index (χ3n) is 4.63. The second-order valence-electron chi connectivity index (χ2n) is 7.17. The largest absolute Gasteiger partial charge is 0.422 e. The summed E-state index contributed by atoms with van der Waals surface area (Å²) in [5, 5.41) is 0. The van der Waals surface area contributed by atoms with E-state index >= 15 is 0 Å². The van der Waals surface area contributed by atoms with Crippen molar-refractivity contribution < 1.29 is 19.1 Å². The Morgan fingerprint density at radius 2 is 1.25 bits per heavy atom. The molecule has 0 atom stereocenters. The number of hydrogen-bond donors (Lipinski definition) is 0. The highest BCUT2D eigenvalue weighted by Gasteiger charge is 2.27. The van der Waals surface area contributed by atoms with Crippen molar-refractivity contribution in [3.63, 3.8) is 0 Å². The van der Waals surface area contributed by atoms with E-state index in [1.165, 1.54) is 77.2 Å². The van der Waals surface area contributed by atoms with Crippen LogP contribution in [0.3, 0.4) is 0 Å². The van der Waals surface area contributed by atoms with Crippen molar-refractivity contribution in [2.24, 2.45) is 0 Å². The van der Waals surface area contributed by atoms with E-state index in [1.54, 1.807) is 18.2 Å². The van der Waals surface area contributed by atoms with Gasteiger partial charge in [0, 0.05) is 24.1 Å². The van der Waals surface area contributed by atoms with E-state index in [0.717, 1.165) is 6.08 Å². The maximum absolute atomic E-state index is 11.8. The average molecular weight is 387 g/mol. The van der Waals surface area contributed by atoms with Crippen LogP contribution in [0.5, 0.6) is 0 Å². The molecule has 0 bridgehead atoms. The number of Topliss-reactive ketones (excluding diaryl/α,β-unsaturated/α-hetero) is 1. The van der Waals surface area contributed by atoms with E-state index in [-0.39, 0.29) is 17.1 Å². The van der Waals surface area contributed by atoms with Crippen LogP contribution in [0.2, 0.25) is 0 Å². The molecular formula is C24H34O4. The van der Waals surface area contributed by atoms with Crippen LogP contribution in [0.4, 0.5) is 0 Å². The zero-order chi connectivity index (χ0) is 20.8. The second kappa shape index (κ2) is 13.9. The van der Waals surface area contributed by atoms with Gasteiger partial charge in [-0.15, -0.1) is 0 Å². The summed E-state index contributed by atoms with van der Waals surface area (Å²) in [6.45, 7) is 5.74. The van der Waals surface area contributed by atoms with Crippen molar-refractivity contribution in [2.75, 3.05) is 0 Å². The van der Waals surface area contributed by atoms with Gasteiger partial charge in [-0.05, 0) is 0 Å². The Balaban J connectivity index is 0.000000295. The number of esters is 1. The minimum Gasteiger partial charge on any atom is -0.422 e. The van der Waals surface area contributed by atoms with Crippen molar-refractivity contribution in [2.45, 2.75) is 85.0 Å². The number of ketones is 2. The Bertz CT molecular complexity index is 663. The first-order valence-corrected chi connectivity index (χ1v) is 10.6. The van der Waals surface area contributed by atoms with E-state index < -0.39 is 11.8 Å². The van der Waals surface area contributed by atoms with E-state index in [2.05, 4.69) is 18.6 Å². The number of ether oxygens (including phenoxy) is 1. The smallest absolute Gasteiger partial charge is 0.308 e. The topological polar surface area (TPSA) is 60.4 Å². The monoisotopic (exact) mass is 386 g/mol. The predicted octanol–water partition coefficient (Wildman–Crippen LogP) is 6.44. The number of unbranched alkanes of at least 4 members (excludes halogenated alkanes) is 9. The van der Waals surface area contributed by atoms with E-state index in [1.807, 2.05) is 0 Å². The molecule has 154 valence electrons. The molecule has 1 aromatic carbocycles. The molecule has 28 heavy (non-hydrogen) atoms. The van der Waals surface area contributed by atoms with Gasteiger partial charge in [0.15, 0.2) is 11.5 Å². The van der Waals surface area contributed by atoms with Crippen LogP contribution in [0, 0.1) is 0 Å². The Morgan fingerprint density at radius 1 is 0.786 bits per heavy atom. The number of hydrogen-bond acceptors (Lipinski definition) is 4. The summed E-state index contributed by atoms with van der Waals surface area (Å²) in [5.74, 6) is -1.60. The lowest BCUT2D eigenvalue weighted by Crippen LogP contribution is -2.19. The molecule has 0 aliphatic heterocycles. The SMILES string of the molecule is CC(=O)OC1=CC(=O)c2ccccc2C1=O.CCCCCCCCCCCC. The molecule has 1 aliphatic carbocycles. The van der Waals surface area contributed by atoms with Gasteiger partial charge < -0.3 is 4.74 Å². The van der Waals surface area contributed by atoms with E-state index in [9.17, 15) is 14.4 Å². The van der Waals surface area contributed by atoms with Crippen LogP contribution >= 0.6 is 0 Å². The van der Waals surface area contributed by atoms with Gasteiger partial charge in [0.1, 0.15) is 0 Å². The van der Waals surface area contributed by atoms with Crippen molar-refractivity contribution in [3.05, 3.63) is 47.2 Å². The second-order valence-corrected chi connectivity index (χ2v) is 7.17. The highest BCUT2D eigenvalue weighted by atomic mass is 16.5. The van der Waals surface area contributed by atoms with Gasteiger partial charge in [0.05, 0.1) is 0 Å². The maximum Gasteiger partial charge on any atom is 0.308 e. The molecule has 0 unspecified atom stereocenters. The van der Waals surface area contributed by atoms with Gasteiger partial charge >= 0.3 is 5.97 Å². The van der Waals surface area contributed by atoms with Crippen LogP contribution in [0.25, 0.3) is 0 Å². The highest BCUT2D eigenvalue weighted by molar-refractivity contribution is 6.24. The summed E-state index contributed by atoms with van der Waals surface area (Å²) >= 11 is 0. The zero-order valence-corrected chi connectivity index (χ0v) is 17.6. The number of fused-ring (bicyclic) bond motifs is 1. The van der Waals surface area contributed by atoms with Gasteiger partial charge in [-0.2, -0.15) is 0 Å². The van der Waals surface area contributed by atoms with Crippen LogP contribution in [-0.2, 0) is 9.53 Å². The molecule has 0 aromatic heterocycles. The Labute approximate surface area is 169 Å². The summed E-state index contributed by atoms with van der Waals surface area (Å²) in [7, 11) is 0. The van der Waals surface area contributed by atoms with Gasteiger partial charge in [-0.1, -0.05) is 102 Å². The van der Waals surface area contributed by atoms with Crippen molar-refractivity contribution in [1.29, 1.82) is 0 Å². The fourth-order valence-electron chi connectivity index (χ4n) is 3.08. The normalized spacial score (nSPS) is 12.6. The summed E-state index contributed by atoms with van der Waals surface area (Å²) in [4.78, 5) is 34.2. The molecule has 0 fully saturated rings. The van der Waals surface area contributed by atoms with Crippen LogP contribution in [-0.4, -0.2) is 17.5 Å². The number of benzene rings is 1. The minimum atomic E-state index is -0.619. The lowest BCUT2D eigenvalue weighted by molar-refractivity contribution is -0.136. The average Bonchev–Trinajstić information content (AvgIpc) is 2.68. The molecule has 1 aromatic rings. The molecule has 0 saturated heterocycles. The molecule has 2 rings (SSSR count). The first-order valence-electron chi connectivity index (χ1n) is 10.6. The Hall–Kier alpha value is -2.23. The van der Waals surface area contributed by atoms with Crippen molar-refractivity contribution in [3.8, 4) is 0 Å². The summed E-state index contributed by atoms with van der Waals surface area (Å²) in [6.07, 6.45) is 15.5. The fourth-order valence-corrected chi connectivity index (χ4v) is 3.08. The first kappa shape index (κ1) is 23.8. The highest BCUT2D eigenvalue weighted by Crippen LogP contribution is 2.21. The van der Waals surface area contributed by atoms with Crippen LogP contribution < -0.4 is 0 Å². The zero-order valence-electron chi connectivity index (χ0n) is 17.6. The summed E-state index contributed by atoms with van der Waals surface area (Å²) < 4.78 is 4.68. The van der Waals surface area contributed by atoms with Gasteiger partial charge in [-0.3, -0.25) is 14.4 Å². The Kier molecular flexibility index (Phi) is 11.8.